The lowest BCUT2D eigenvalue weighted by molar-refractivity contribution is -0.939. The summed E-state index contributed by atoms with van der Waals surface area (Å²) in [6.07, 6.45) is 6.06. The van der Waals surface area contributed by atoms with E-state index in [0.717, 1.165) is 54.9 Å². The Morgan fingerprint density at radius 2 is 2.00 bits per heavy atom. The van der Waals surface area contributed by atoms with Crippen LogP contribution in [0.2, 0.25) is 0 Å². The molecule has 6 rings (SSSR count). The smallest absolute Gasteiger partial charge is 0.352 e. The number of fused-ring (bicyclic) bond motifs is 4. The second kappa shape index (κ2) is 10.2. The molecule has 0 unspecified atom stereocenters. The van der Waals surface area contributed by atoms with Crippen LogP contribution in [0.3, 0.4) is 0 Å². The summed E-state index contributed by atoms with van der Waals surface area (Å²) >= 11 is 2.24. The number of carbonyl (C=O) groups is 4. The van der Waals surface area contributed by atoms with Crippen molar-refractivity contribution < 1.29 is 33.6 Å². The summed E-state index contributed by atoms with van der Waals surface area (Å²) in [6.45, 7) is 3.29. The van der Waals surface area contributed by atoms with Gasteiger partial charge in [-0.1, -0.05) is 11.2 Å². The van der Waals surface area contributed by atoms with Gasteiger partial charge in [0.05, 0.1) is 31.6 Å². The number of hydrogen-bond acceptors (Lipinski definition) is 11. The van der Waals surface area contributed by atoms with Crippen LogP contribution in [0.25, 0.3) is 0 Å². The van der Waals surface area contributed by atoms with Crippen LogP contribution in [0.1, 0.15) is 25.1 Å². The van der Waals surface area contributed by atoms with Crippen LogP contribution in [0.4, 0.5) is 5.13 Å². The lowest BCUT2D eigenvalue weighted by Gasteiger charge is -2.53. The van der Waals surface area contributed by atoms with Crippen LogP contribution in [0.15, 0.2) is 28.6 Å². The number of β-lactam (4-membered cyclic amide) rings is 1. The summed E-state index contributed by atoms with van der Waals surface area (Å²) in [7, 11) is 1.25. The van der Waals surface area contributed by atoms with E-state index in [2.05, 4.69) is 19.8 Å². The number of primary amides is 1. The molecule has 0 aliphatic carbocycles. The van der Waals surface area contributed by atoms with E-state index in [0.29, 0.717) is 17.9 Å². The number of piperidine rings is 3. The van der Waals surface area contributed by atoms with Crippen LogP contribution in [0, 0.1) is 5.41 Å². The summed E-state index contributed by atoms with van der Waals surface area (Å²) in [5.74, 6) is -2.38. The first-order valence-electron chi connectivity index (χ1n) is 12.3. The number of nitrogens with two attached hydrogens (primary N) is 2. The third-order valence-electron chi connectivity index (χ3n) is 8.07. The first kappa shape index (κ1) is 27.1. The van der Waals surface area contributed by atoms with Crippen molar-refractivity contribution in [3.8, 4) is 0 Å². The Labute approximate surface area is 231 Å². The van der Waals surface area contributed by atoms with E-state index < -0.39 is 29.2 Å². The molecule has 14 nitrogen and oxygen atoms in total. The number of amides is 3. The molecular weight excluding hydrogens is 548 g/mol. The summed E-state index contributed by atoms with van der Waals surface area (Å²) in [5, 5.41) is 15.8. The lowest BCUT2D eigenvalue weighted by Crippen LogP contribution is -2.71. The molecule has 4 fully saturated rings. The zero-order valence-corrected chi connectivity index (χ0v) is 22.8. The van der Waals surface area contributed by atoms with Crippen molar-refractivity contribution >= 4 is 57.8 Å². The molecular formula is C23H29N8O6S2+. The van der Waals surface area contributed by atoms with E-state index in [1.165, 1.54) is 23.8 Å². The highest BCUT2D eigenvalue weighted by Gasteiger charge is 2.55. The number of carbonyl (C=O) groups excluding carboxylic acids is 3. The number of carboxylic acids is 1. The zero-order valence-electron chi connectivity index (χ0n) is 21.2. The maximum atomic E-state index is 13.0. The van der Waals surface area contributed by atoms with E-state index >= 15 is 0 Å². The highest BCUT2D eigenvalue weighted by atomic mass is 32.2. The zero-order chi connectivity index (χ0) is 27.9. The first-order valence-corrected chi connectivity index (χ1v) is 14.2. The Morgan fingerprint density at radius 1 is 1.31 bits per heavy atom. The number of aliphatic carboxylic acids is 1. The molecule has 0 spiro atoms. The van der Waals surface area contributed by atoms with Crippen molar-refractivity contribution in [2.45, 2.75) is 30.7 Å². The second-order valence-corrected chi connectivity index (χ2v) is 12.0. The number of aromatic nitrogens is 2. The quantitative estimate of drug-likeness (QED) is 0.125. The number of nitrogen functional groups attached to an aromatic ring is 1. The minimum absolute atomic E-state index is 0.0376. The largest absolute Gasteiger partial charge is 0.477 e. The van der Waals surface area contributed by atoms with Crippen LogP contribution in [-0.2, 0) is 24.0 Å². The van der Waals surface area contributed by atoms with Gasteiger partial charge < -0.3 is 31.2 Å². The van der Waals surface area contributed by atoms with Crippen LogP contribution < -0.4 is 16.8 Å². The van der Waals surface area contributed by atoms with Gasteiger partial charge in [-0.05, 0) is 11.6 Å². The van der Waals surface area contributed by atoms with Gasteiger partial charge in [-0.15, -0.1) is 11.8 Å². The predicted octanol–water partition coefficient (Wildman–Crippen LogP) is -0.748. The van der Waals surface area contributed by atoms with Gasteiger partial charge in [0.15, 0.2) is 5.13 Å². The molecule has 2 atom stereocenters. The summed E-state index contributed by atoms with van der Waals surface area (Å²) in [5.41, 5.74) is 11.1. The number of nitrogens with zero attached hydrogens (tertiary/aromatic N) is 5. The van der Waals surface area contributed by atoms with Crippen LogP contribution in [0.5, 0.6) is 0 Å². The van der Waals surface area contributed by atoms with E-state index in [9.17, 15) is 24.3 Å². The number of rotatable bonds is 9. The third kappa shape index (κ3) is 4.76. The maximum Gasteiger partial charge on any atom is 0.352 e. The van der Waals surface area contributed by atoms with Gasteiger partial charge in [0.1, 0.15) is 24.2 Å². The van der Waals surface area contributed by atoms with Crippen molar-refractivity contribution in [3.63, 3.8) is 0 Å². The normalized spacial score (nSPS) is 30.2. The van der Waals surface area contributed by atoms with Crippen LogP contribution >= 0.6 is 23.3 Å². The second-order valence-electron chi connectivity index (χ2n) is 10.1. The number of allylic oxidation sites excluding steroid dienone is 1. The van der Waals surface area contributed by atoms with Crippen molar-refractivity contribution in [3.05, 3.63) is 29.2 Å². The van der Waals surface area contributed by atoms with E-state index in [4.69, 9.17) is 16.3 Å². The van der Waals surface area contributed by atoms with Gasteiger partial charge in [0.2, 0.25) is 17.4 Å². The minimum atomic E-state index is -1.21. The fourth-order valence-corrected chi connectivity index (χ4v) is 7.47. The van der Waals surface area contributed by atoms with Gasteiger partial charge in [-0.2, -0.15) is 9.36 Å². The number of nitrogens with one attached hydrogen (secondary N) is 1. The predicted molar refractivity (Wildman–Crippen MR) is 142 cm³/mol. The Balaban J connectivity index is 1.27. The molecule has 0 aromatic carbocycles. The number of oxime groups is 1. The number of quaternary nitrogens is 1. The van der Waals surface area contributed by atoms with E-state index in [-0.39, 0.29) is 33.7 Å². The lowest BCUT2D eigenvalue weighted by atomic mass is 9.70. The summed E-state index contributed by atoms with van der Waals surface area (Å²) < 4.78 is 4.80. The maximum absolute atomic E-state index is 13.0. The van der Waals surface area contributed by atoms with Gasteiger partial charge in [0.25, 0.3) is 11.8 Å². The molecule has 1 aromatic heterocycles. The summed E-state index contributed by atoms with van der Waals surface area (Å²) in [4.78, 5) is 59.9. The SMILES string of the molecule is CO/N=C(\C(=O)N[C@@H]1C(=O)N2C(C(=O)O)=C(/C=C/C[N+]34CCC(C(N)=O)(CC3)CC4)CS[C@@H]12)c1nsc(N)n1. The number of carboxylic acid groups (broad SMARTS) is 1. The number of hydrogen-bond donors (Lipinski definition) is 4. The average Bonchev–Trinajstić information content (AvgIpc) is 3.36. The summed E-state index contributed by atoms with van der Waals surface area (Å²) in [6, 6.07) is -0.953. The topological polar surface area (TPSA) is 203 Å². The molecule has 5 aliphatic rings. The fraction of sp³-hybridized carbons (Fsp3) is 0.522. The third-order valence-corrected chi connectivity index (χ3v) is 9.91. The molecule has 6 heterocycles. The molecule has 0 radical (unpaired) electrons. The van der Waals surface area contributed by atoms with E-state index in [1.807, 2.05) is 6.08 Å². The van der Waals surface area contributed by atoms with E-state index in [1.54, 1.807) is 6.08 Å². The molecule has 39 heavy (non-hydrogen) atoms. The van der Waals surface area contributed by atoms with Crippen molar-refractivity contribution in [2.75, 3.05) is 44.8 Å². The molecule has 208 valence electrons. The molecule has 1 aromatic rings. The highest BCUT2D eigenvalue weighted by molar-refractivity contribution is 8.00. The minimum Gasteiger partial charge on any atom is -0.477 e. The molecule has 0 saturated carbocycles. The molecule has 4 saturated heterocycles. The highest BCUT2D eigenvalue weighted by Crippen LogP contribution is 2.44. The number of anilines is 1. The Morgan fingerprint density at radius 3 is 2.56 bits per heavy atom. The van der Waals surface area contributed by atoms with Crippen LogP contribution in [-0.4, -0.2) is 104 Å². The van der Waals surface area contributed by atoms with Gasteiger partial charge >= 0.3 is 5.97 Å². The Bertz CT molecular complexity index is 1300. The van der Waals surface area contributed by atoms with Crippen molar-refractivity contribution in [2.24, 2.45) is 16.3 Å². The molecule has 6 N–H and O–H groups in total. The number of thioether (sulfide) groups is 1. The molecule has 5 aliphatic heterocycles. The Kier molecular flexibility index (Phi) is 7.11. The van der Waals surface area contributed by atoms with Gasteiger partial charge in [-0.3, -0.25) is 19.3 Å². The van der Waals surface area contributed by atoms with Gasteiger partial charge in [0, 0.05) is 36.5 Å². The average molecular weight is 578 g/mol. The standard InChI is InChI=1S/C23H28N8O6S2/c1-37-28-13(16-27-22(25)39-29-16)17(32)26-14-18(33)30-15(20(34)35)12(11-38-19(14)30)3-2-7-31-8-4-23(5-9-31,6-10-31)21(24)36/h2-3,14,19H,4-11H2,1H3,(H5-,24,25,26,27,29,32,34,35,36)/p+1/b3-2+,28-13-/t14-,19+,23?,31?/m1/s1. The Hall–Kier alpha value is -3.50. The first-order chi connectivity index (χ1) is 18.6. The monoisotopic (exact) mass is 577 g/mol. The van der Waals surface area contributed by atoms with Gasteiger partial charge in [-0.25, -0.2) is 4.79 Å². The molecule has 3 amide bonds. The van der Waals surface area contributed by atoms with Crippen molar-refractivity contribution in [1.82, 2.24) is 19.6 Å². The van der Waals surface area contributed by atoms with Crippen molar-refractivity contribution in [1.29, 1.82) is 0 Å². The molecule has 2 bridgehead atoms. The fourth-order valence-electron chi connectivity index (χ4n) is 5.71. The molecule has 16 heteroatoms.